The van der Waals surface area contributed by atoms with Gasteiger partial charge in [-0.15, -0.1) is 0 Å². The molecular formula is C18H31NO2. The van der Waals surface area contributed by atoms with Gasteiger partial charge in [-0.25, -0.2) is 0 Å². The molecule has 1 heterocycles. The molecule has 0 aromatic carbocycles. The van der Waals surface area contributed by atoms with Crippen molar-refractivity contribution in [3.63, 3.8) is 0 Å². The lowest BCUT2D eigenvalue weighted by molar-refractivity contribution is -0.136. The lowest BCUT2D eigenvalue weighted by atomic mass is 9.59. The highest BCUT2D eigenvalue weighted by Crippen LogP contribution is 2.68. The van der Waals surface area contributed by atoms with Crippen molar-refractivity contribution in [2.45, 2.75) is 78.4 Å². The monoisotopic (exact) mass is 293 g/mol. The molecular weight excluding hydrogens is 262 g/mol. The van der Waals surface area contributed by atoms with Gasteiger partial charge in [0, 0.05) is 19.6 Å². The summed E-state index contributed by atoms with van der Waals surface area (Å²) in [5.74, 6) is 1.53. The molecule has 1 aliphatic heterocycles. The normalized spacial score (nSPS) is 43.6. The summed E-state index contributed by atoms with van der Waals surface area (Å²) in [6, 6.07) is 0.333. The van der Waals surface area contributed by atoms with E-state index in [9.17, 15) is 4.79 Å². The number of rotatable bonds is 4. The molecule has 3 nitrogen and oxygen atoms in total. The van der Waals surface area contributed by atoms with Crippen molar-refractivity contribution in [1.82, 2.24) is 5.32 Å². The Labute approximate surface area is 129 Å². The number of carbonyl (C=O) groups excluding carboxylic acids is 1. The quantitative estimate of drug-likeness (QED) is 0.861. The molecule has 2 bridgehead atoms. The van der Waals surface area contributed by atoms with Crippen molar-refractivity contribution in [3.8, 4) is 0 Å². The summed E-state index contributed by atoms with van der Waals surface area (Å²) in [7, 11) is 0. The Morgan fingerprint density at radius 2 is 2.14 bits per heavy atom. The zero-order chi connectivity index (χ0) is 15.3. The van der Waals surface area contributed by atoms with Gasteiger partial charge in [0.15, 0.2) is 0 Å². The van der Waals surface area contributed by atoms with Crippen molar-refractivity contribution in [1.29, 1.82) is 0 Å². The first-order valence-corrected chi connectivity index (χ1v) is 8.80. The third-order valence-electron chi connectivity index (χ3n) is 6.81. The maximum atomic E-state index is 11.7. The molecule has 3 heteroatoms. The maximum Gasteiger partial charge on any atom is 0.217 e. The van der Waals surface area contributed by atoms with Crippen LogP contribution in [0.3, 0.4) is 0 Å². The highest BCUT2D eigenvalue weighted by Gasteiger charge is 2.68. The van der Waals surface area contributed by atoms with Crippen LogP contribution in [0.1, 0.15) is 66.2 Å². The fraction of sp³-hybridized carbons (Fsp3) is 0.944. The van der Waals surface area contributed by atoms with Crippen LogP contribution in [-0.2, 0) is 9.53 Å². The van der Waals surface area contributed by atoms with E-state index < -0.39 is 0 Å². The number of hydrogen-bond acceptors (Lipinski definition) is 2. The fourth-order valence-electron chi connectivity index (χ4n) is 5.80. The Hall–Kier alpha value is -0.570. The van der Waals surface area contributed by atoms with Crippen molar-refractivity contribution < 1.29 is 9.53 Å². The summed E-state index contributed by atoms with van der Waals surface area (Å²) < 4.78 is 6.15. The molecule has 0 aromatic heterocycles. The molecule has 2 saturated carbocycles. The summed E-state index contributed by atoms with van der Waals surface area (Å²) in [4.78, 5) is 11.7. The third kappa shape index (κ3) is 2.23. The van der Waals surface area contributed by atoms with E-state index in [0.29, 0.717) is 23.5 Å². The molecule has 0 radical (unpaired) electrons. The SMILES string of the molecule is CCCC[C@H]1OCC[C@@]23C[C@@H](C[C@H]12)C(C)(C)[C@H]3NC(C)=O. The van der Waals surface area contributed by atoms with Gasteiger partial charge in [-0.05, 0) is 48.3 Å². The van der Waals surface area contributed by atoms with Crippen LogP contribution in [0.5, 0.6) is 0 Å². The molecule has 3 aliphatic rings. The van der Waals surface area contributed by atoms with E-state index in [2.05, 4.69) is 26.1 Å². The summed E-state index contributed by atoms with van der Waals surface area (Å²) in [5.41, 5.74) is 0.533. The number of ether oxygens (including phenoxy) is 1. The molecule has 1 N–H and O–H groups in total. The topological polar surface area (TPSA) is 38.3 Å². The van der Waals surface area contributed by atoms with Crippen LogP contribution in [0.25, 0.3) is 0 Å². The molecule has 120 valence electrons. The van der Waals surface area contributed by atoms with Crippen molar-refractivity contribution >= 4 is 5.91 Å². The van der Waals surface area contributed by atoms with Crippen LogP contribution in [-0.4, -0.2) is 24.7 Å². The van der Waals surface area contributed by atoms with E-state index in [1.54, 1.807) is 6.92 Å². The predicted octanol–water partition coefficient (Wildman–Crippen LogP) is 3.52. The molecule has 3 fully saturated rings. The first-order valence-electron chi connectivity index (χ1n) is 8.80. The minimum atomic E-state index is 0.130. The van der Waals surface area contributed by atoms with Crippen LogP contribution in [0, 0.1) is 22.7 Å². The first kappa shape index (κ1) is 15.3. The molecule has 21 heavy (non-hydrogen) atoms. The largest absolute Gasteiger partial charge is 0.378 e. The van der Waals surface area contributed by atoms with Gasteiger partial charge < -0.3 is 10.1 Å². The number of amides is 1. The van der Waals surface area contributed by atoms with E-state index in [4.69, 9.17) is 4.74 Å². The van der Waals surface area contributed by atoms with Gasteiger partial charge in [-0.3, -0.25) is 4.79 Å². The van der Waals surface area contributed by atoms with Gasteiger partial charge in [-0.1, -0.05) is 33.6 Å². The van der Waals surface area contributed by atoms with E-state index in [1.165, 1.54) is 32.1 Å². The Morgan fingerprint density at radius 1 is 1.38 bits per heavy atom. The van der Waals surface area contributed by atoms with Crippen LogP contribution in [0.4, 0.5) is 0 Å². The lowest BCUT2D eigenvalue weighted by Gasteiger charge is -2.53. The molecule has 0 unspecified atom stereocenters. The van der Waals surface area contributed by atoms with Crippen molar-refractivity contribution in [3.05, 3.63) is 0 Å². The average molecular weight is 293 g/mol. The highest BCUT2D eigenvalue weighted by atomic mass is 16.5. The Bertz CT molecular complexity index is 419. The first-order chi connectivity index (χ1) is 9.91. The zero-order valence-electron chi connectivity index (χ0n) is 14.1. The number of carbonyl (C=O) groups is 1. The third-order valence-corrected chi connectivity index (χ3v) is 6.81. The maximum absolute atomic E-state index is 11.7. The lowest BCUT2D eigenvalue weighted by Crippen LogP contribution is -2.60. The fourth-order valence-corrected chi connectivity index (χ4v) is 5.80. The molecule has 1 amide bonds. The Morgan fingerprint density at radius 3 is 2.81 bits per heavy atom. The van der Waals surface area contributed by atoms with Crippen LogP contribution in [0.15, 0.2) is 0 Å². The van der Waals surface area contributed by atoms with E-state index in [-0.39, 0.29) is 11.3 Å². The number of fused-ring (bicyclic) bond motifs is 1. The van der Waals surface area contributed by atoms with Gasteiger partial charge in [0.1, 0.15) is 0 Å². The second-order valence-corrected chi connectivity index (χ2v) is 8.23. The van der Waals surface area contributed by atoms with E-state index in [0.717, 1.165) is 18.9 Å². The van der Waals surface area contributed by atoms with Crippen LogP contribution >= 0.6 is 0 Å². The van der Waals surface area contributed by atoms with Gasteiger partial charge in [-0.2, -0.15) is 0 Å². The second-order valence-electron chi connectivity index (χ2n) is 8.23. The zero-order valence-corrected chi connectivity index (χ0v) is 14.1. The highest BCUT2D eigenvalue weighted by molar-refractivity contribution is 5.73. The van der Waals surface area contributed by atoms with Gasteiger partial charge >= 0.3 is 0 Å². The second kappa shape index (κ2) is 5.26. The minimum Gasteiger partial charge on any atom is -0.378 e. The smallest absolute Gasteiger partial charge is 0.217 e. The Kier molecular flexibility index (Phi) is 3.84. The summed E-state index contributed by atoms with van der Waals surface area (Å²) in [5, 5.41) is 3.34. The summed E-state index contributed by atoms with van der Waals surface area (Å²) in [6.07, 6.45) is 7.85. The van der Waals surface area contributed by atoms with Crippen molar-refractivity contribution in [2.75, 3.05) is 6.61 Å². The predicted molar refractivity (Wildman–Crippen MR) is 83.9 cm³/mol. The van der Waals surface area contributed by atoms with Crippen molar-refractivity contribution in [2.24, 2.45) is 22.7 Å². The average Bonchev–Trinajstić information content (AvgIpc) is 2.90. The minimum absolute atomic E-state index is 0.130. The molecule has 0 aromatic rings. The number of nitrogens with one attached hydrogen (secondary N) is 1. The molecule has 1 saturated heterocycles. The Balaban J connectivity index is 1.87. The van der Waals surface area contributed by atoms with Gasteiger partial charge in [0.2, 0.25) is 5.91 Å². The molecule has 1 spiro atoms. The van der Waals surface area contributed by atoms with Crippen LogP contribution in [0.2, 0.25) is 0 Å². The summed E-state index contributed by atoms with van der Waals surface area (Å²) >= 11 is 0. The van der Waals surface area contributed by atoms with Gasteiger partial charge in [0.25, 0.3) is 0 Å². The molecule has 3 rings (SSSR count). The molecule has 5 atom stereocenters. The number of hydrogen-bond donors (Lipinski definition) is 1. The summed E-state index contributed by atoms with van der Waals surface area (Å²) in [6.45, 7) is 9.52. The van der Waals surface area contributed by atoms with Crippen LogP contribution < -0.4 is 5.32 Å². The molecule has 2 aliphatic carbocycles. The standard InChI is InChI=1S/C18H31NO2/c1-5-6-7-15-14-10-13-11-18(14,8-9-21-15)16(17(13,3)4)19-12(2)20/h13-16H,5-11H2,1-4H3,(H,19,20)/t13-,14-,15-,16-,18-/m1/s1. The number of unbranched alkanes of at least 4 members (excludes halogenated alkanes) is 1. The van der Waals surface area contributed by atoms with Gasteiger partial charge in [0.05, 0.1) is 6.10 Å². The van der Waals surface area contributed by atoms with E-state index in [1.807, 2.05) is 0 Å². The van der Waals surface area contributed by atoms with E-state index >= 15 is 0 Å².